The second kappa shape index (κ2) is 7.65. The third-order valence-electron chi connectivity index (χ3n) is 7.32. The van der Waals surface area contributed by atoms with Crippen molar-refractivity contribution < 1.29 is 9.90 Å². The lowest BCUT2D eigenvalue weighted by Crippen LogP contribution is -2.36. The molecule has 0 radical (unpaired) electrons. The van der Waals surface area contributed by atoms with Gasteiger partial charge in [-0.15, -0.1) is 0 Å². The quantitative estimate of drug-likeness (QED) is 0.514. The number of carbonyl (C=O) groups is 1. The number of amides is 1. The fourth-order valence-electron chi connectivity index (χ4n) is 6.18. The van der Waals surface area contributed by atoms with Crippen molar-refractivity contribution in [3.63, 3.8) is 0 Å². The van der Waals surface area contributed by atoms with Crippen LogP contribution in [0.25, 0.3) is 0 Å². The summed E-state index contributed by atoms with van der Waals surface area (Å²) in [4.78, 5) is 11.8. The summed E-state index contributed by atoms with van der Waals surface area (Å²) in [6.45, 7) is 12.1. The van der Waals surface area contributed by atoms with Crippen LogP contribution in [0.15, 0.2) is 24.3 Å². The predicted molar refractivity (Wildman–Crippen MR) is 102 cm³/mol. The van der Waals surface area contributed by atoms with Crippen LogP contribution in [0.4, 0.5) is 0 Å². The molecule has 0 saturated heterocycles. The Hall–Kier alpha value is -1.09. The third-order valence-corrected chi connectivity index (χ3v) is 7.32. The summed E-state index contributed by atoms with van der Waals surface area (Å²) < 4.78 is 0. The summed E-state index contributed by atoms with van der Waals surface area (Å²) in [6.07, 6.45) is 8.37. The molecule has 0 heterocycles. The monoisotopic (exact) mass is 345 g/mol. The average Bonchev–Trinajstić information content (AvgIpc) is 3.24. The maximum atomic E-state index is 11.8. The minimum absolute atomic E-state index is 0.0136. The molecule has 25 heavy (non-hydrogen) atoms. The minimum Gasteiger partial charge on any atom is -0.389 e. The largest absolute Gasteiger partial charge is 0.389 e. The van der Waals surface area contributed by atoms with Gasteiger partial charge >= 0.3 is 0 Å². The van der Waals surface area contributed by atoms with Crippen molar-refractivity contribution in [2.24, 2.45) is 35.5 Å². The number of carbonyl (C=O) groups excluding carboxylic acids is 1. The van der Waals surface area contributed by atoms with E-state index in [1.807, 2.05) is 6.92 Å². The fourth-order valence-corrected chi connectivity index (χ4v) is 6.18. The number of hydrogen-bond donors (Lipinski definition) is 2. The molecule has 3 aliphatic carbocycles. The fraction of sp³-hybridized carbons (Fsp3) is 0.773. The number of rotatable bonds is 8. The standard InChI is InChI=1S/C22H35NO2/c1-13(2)20(24)7-5-6-15-8-9-18-19-11-16(21(15)18)10-17(19)12-23-22(25)14(3)4/h15-21,24H,1,3,5-12H2,2,4H3,(H,23,25)/t15?,16?,17?,18?,19?,20-,21?/m0/s1. The molecule has 2 bridgehead atoms. The Balaban J connectivity index is 1.47. The van der Waals surface area contributed by atoms with Gasteiger partial charge in [-0.25, -0.2) is 0 Å². The molecule has 0 spiro atoms. The maximum absolute atomic E-state index is 11.8. The normalized spacial score (nSPS) is 36.9. The van der Waals surface area contributed by atoms with Crippen molar-refractivity contribution in [2.75, 3.05) is 6.54 Å². The van der Waals surface area contributed by atoms with Gasteiger partial charge in [0.1, 0.15) is 0 Å². The summed E-state index contributed by atoms with van der Waals surface area (Å²) in [7, 11) is 0. The Morgan fingerprint density at radius 1 is 1.16 bits per heavy atom. The molecule has 0 aromatic carbocycles. The number of hydrogen-bond acceptors (Lipinski definition) is 2. The highest BCUT2D eigenvalue weighted by atomic mass is 16.3. The molecular formula is C22H35NO2. The minimum atomic E-state index is -0.321. The van der Waals surface area contributed by atoms with Gasteiger partial charge in [0, 0.05) is 12.1 Å². The predicted octanol–water partition coefficient (Wildman–Crippen LogP) is 4.08. The van der Waals surface area contributed by atoms with Gasteiger partial charge in [0.05, 0.1) is 6.10 Å². The van der Waals surface area contributed by atoms with Crippen LogP contribution < -0.4 is 5.32 Å². The van der Waals surface area contributed by atoms with Crippen molar-refractivity contribution in [2.45, 2.75) is 64.9 Å². The van der Waals surface area contributed by atoms with Gasteiger partial charge in [0.15, 0.2) is 0 Å². The Kier molecular flexibility index (Phi) is 5.72. The van der Waals surface area contributed by atoms with E-state index in [9.17, 15) is 9.90 Å². The van der Waals surface area contributed by atoms with Crippen LogP contribution in [0.2, 0.25) is 0 Å². The zero-order chi connectivity index (χ0) is 18.1. The van der Waals surface area contributed by atoms with Gasteiger partial charge in [-0.1, -0.05) is 31.6 Å². The molecule has 6 unspecified atom stereocenters. The Labute approximate surface area is 153 Å². The molecule has 3 rings (SSSR count). The van der Waals surface area contributed by atoms with Gasteiger partial charge in [-0.3, -0.25) is 4.79 Å². The van der Waals surface area contributed by atoms with Crippen LogP contribution in [-0.4, -0.2) is 23.7 Å². The number of aliphatic hydroxyl groups is 1. The third kappa shape index (κ3) is 3.86. The van der Waals surface area contributed by atoms with Crippen molar-refractivity contribution in [3.8, 4) is 0 Å². The zero-order valence-corrected chi connectivity index (χ0v) is 16.0. The molecular weight excluding hydrogens is 310 g/mol. The van der Waals surface area contributed by atoms with Gasteiger partial charge in [0.2, 0.25) is 5.91 Å². The van der Waals surface area contributed by atoms with Gasteiger partial charge in [-0.05, 0) is 81.5 Å². The Morgan fingerprint density at radius 2 is 1.92 bits per heavy atom. The van der Waals surface area contributed by atoms with E-state index in [0.717, 1.165) is 54.5 Å². The molecule has 3 aliphatic rings. The van der Waals surface area contributed by atoms with Crippen LogP contribution in [0.5, 0.6) is 0 Å². The summed E-state index contributed by atoms with van der Waals surface area (Å²) in [5.41, 5.74) is 1.50. The molecule has 0 aromatic rings. The topological polar surface area (TPSA) is 49.3 Å². The van der Waals surface area contributed by atoms with E-state index in [4.69, 9.17) is 0 Å². The molecule has 7 atom stereocenters. The van der Waals surface area contributed by atoms with Crippen molar-refractivity contribution in [3.05, 3.63) is 24.3 Å². The highest BCUT2D eigenvalue weighted by Crippen LogP contribution is 2.63. The molecule has 0 aromatic heterocycles. The SMILES string of the molecule is C=C(C)C(=O)NCC1CC2CC1C1CCC(CCC[C@H](O)C(=C)C)C21. The van der Waals surface area contributed by atoms with Gasteiger partial charge in [0.25, 0.3) is 0 Å². The van der Waals surface area contributed by atoms with E-state index in [0.29, 0.717) is 11.5 Å². The van der Waals surface area contributed by atoms with E-state index in [-0.39, 0.29) is 12.0 Å². The van der Waals surface area contributed by atoms with Gasteiger partial charge < -0.3 is 10.4 Å². The maximum Gasteiger partial charge on any atom is 0.246 e. The zero-order valence-electron chi connectivity index (χ0n) is 16.0. The lowest BCUT2D eigenvalue weighted by molar-refractivity contribution is -0.117. The number of fused-ring (bicyclic) bond motifs is 5. The first-order chi connectivity index (χ1) is 11.9. The van der Waals surface area contributed by atoms with Crippen molar-refractivity contribution in [1.29, 1.82) is 0 Å². The summed E-state index contributed by atoms with van der Waals surface area (Å²) in [5.74, 6) is 5.06. The molecule has 3 nitrogen and oxygen atoms in total. The number of nitrogens with one attached hydrogen (secondary N) is 1. The molecule has 2 N–H and O–H groups in total. The molecule has 3 heteroatoms. The average molecular weight is 346 g/mol. The lowest BCUT2D eigenvalue weighted by Gasteiger charge is -2.34. The second-order valence-corrected chi connectivity index (χ2v) is 9.02. The summed E-state index contributed by atoms with van der Waals surface area (Å²) in [5, 5.41) is 13.0. The van der Waals surface area contributed by atoms with Gasteiger partial charge in [-0.2, -0.15) is 0 Å². The lowest BCUT2D eigenvalue weighted by atomic mass is 9.72. The van der Waals surface area contributed by atoms with Crippen LogP contribution in [-0.2, 0) is 4.79 Å². The van der Waals surface area contributed by atoms with E-state index >= 15 is 0 Å². The first-order valence-corrected chi connectivity index (χ1v) is 10.2. The summed E-state index contributed by atoms with van der Waals surface area (Å²) in [6, 6.07) is 0. The van der Waals surface area contributed by atoms with Crippen LogP contribution >= 0.6 is 0 Å². The van der Waals surface area contributed by atoms with E-state index in [1.54, 1.807) is 6.92 Å². The van der Waals surface area contributed by atoms with Crippen LogP contribution in [0, 0.1) is 35.5 Å². The first kappa shape index (κ1) is 18.7. The highest BCUT2D eigenvalue weighted by molar-refractivity contribution is 5.92. The first-order valence-electron chi connectivity index (χ1n) is 10.2. The molecule has 1 amide bonds. The molecule has 140 valence electrons. The van der Waals surface area contributed by atoms with Crippen molar-refractivity contribution in [1.82, 2.24) is 5.32 Å². The van der Waals surface area contributed by atoms with Crippen LogP contribution in [0.3, 0.4) is 0 Å². The Morgan fingerprint density at radius 3 is 2.60 bits per heavy atom. The molecule has 3 saturated carbocycles. The smallest absolute Gasteiger partial charge is 0.246 e. The van der Waals surface area contributed by atoms with E-state index in [1.165, 1.54) is 32.1 Å². The van der Waals surface area contributed by atoms with Crippen LogP contribution in [0.1, 0.15) is 58.8 Å². The van der Waals surface area contributed by atoms with E-state index in [2.05, 4.69) is 18.5 Å². The molecule has 3 fully saturated rings. The highest BCUT2D eigenvalue weighted by Gasteiger charge is 2.56. The summed E-state index contributed by atoms with van der Waals surface area (Å²) >= 11 is 0. The van der Waals surface area contributed by atoms with E-state index < -0.39 is 0 Å². The number of aliphatic hydroxyl groups excluding tert-OH is 1. The Bertz CT molecular complexity index is 540. The van der Waals surface area contributed by atoms with Crippen molar-refractivity contribution >= 4 is 5.91 Å². The second-order valence-electron chi connectivity index (χ2n) is 9.02. The molecule has 0 aliphatic heterocycles.